The van der Waals surface area contributed by atoms with Crippen LogP contribution in [0.5, 0.6) is 5.75 Å². The van der Waals surface area contributed by atoms with Crippen LogP contribution < -0.4 is 10.1 Å². The zero-order chi connectivity index (χ0) is 22.6. The Balaban J connectivity index is 1.63. The average molecular weight is 458 g/mol. The van der Waals surface area contributed by atoms with E-state index >= 15 is 0 Å². The fourth-order valence-electron chi connectivity index (χ4n) is 4.56. The van der Waals surface area contributed by atoms with Crippen molar-refractivity contribution < 1.29 is 17.9 Å². The highest BCUT2D eigenvalue weighted by Gasteiger charge is 2.31. The highest BCUT2D eigenvalue weighted by molar-refractivity contribution is 7.89. The van der Waals surface area contributed by atoms with Crippen molar-refractivity contribution in [3.05, 3.63) is 54.1 Å². The summed E-state index contributed by atoms with van der Waals surface area (Å²) in [6, 6.07) is 13.9. The fourth-order valence-corrected chi connectivity index (χ4v) is 6.11. The van der Waals surface area contributed by atoms with Crippen molar-refractivity contribution in [1.82, 2.24) is 9.21 Å². The topological polar surface area (TPSA) is 79.0 Å². The zero-order valence-electron chi connectivity index (χ0n) is 18.5. The lowest BCUT2D eigenvalue weighted by molar-refractivity contribution is -0.121. The minimum absolute atomic E-state index is 0.174. The van der Waals surface area contributed by atoms with Crippen molar-refractivity contribution in [2.45, 2.75) is 43.0 Å². The van der Waals surface area contributed by atoms with Gasteiger partial charge in [-0.1, -0.05) is 36.8 Å². The molecule has 2 aliphatic rings. The predicted octanol–water partition coefficient (Wildman–Crippen LogP) is 3.65. The largest absolute Gasteiger partial charge is 0.495 e. The number of rotatable bonds is 7. The van der Waals surface area contributed by atoms with E-state index in [0.29, 0.717) is 24.5 Å². The SMILES string of the molecule is COc1ccc(S(=O)(=O)N2CCCCC2)cc1NC(=O)C(c1ccccc1)N1CCCC1. The number of carbonyl (C=O) groups is 1. The number of hydrogen-bond acceptors (Lipinski definition) is 5. The molecule has 8 heteroatoms. The van der Waals surface area contributed by atoms with Crippen LogP contribution in [0.2, 0.25) is 0 Å². The number of amides is 1. The van der Waals surface area contributed by atoms with Crippen molar-refractivity contribution in [2.75, 3.05) is 38.6 Å². The van der Waals surface area contributed by atoms with Gasteiger partial charge in [-0.25, -0.2) is 8.42 Å². The van der Waals surface area contributed by atoms with Crippen LogP contribution in [0.4, 0.5) is 5.69 Å². The molecule has 172 valence electrons. The van der Waals surface area contributed by atoms with Crippen molar-refractivity contribution in [3.63, 3.8) is 0 Å². The third kappa shape index (κ3) is 4.82. The van der Waals surface area contributed by atoms with E-state index in [1.165, 1.54) is 17.5 Å². The second kappa shape index (κ2) is 10.0. The molecule has 2 fully saturated rings. The summed E-state index contributed by atoms with van der Waals surface area (Å²) in [5.74, 6) is 0.244. The van der Waals surface area contributed by atoms with Crippen molar-refractivity contribution >= 4 is 21.6 Å². The van der Waals surface area contributed by atoms with Crippen LogP contribution >= 0.6 is 0 Å². The number of likely N-dealkylation sites (tertiary alicyclic amines) is 1. The zero-order valence-corrected chi connectivity index (χ0v) is 19.3. The summed E-state index contributed by atoms with van der Waals surface area (Å²) < 4.78 is 33.3. The Morgan fingerprint density at radius 3 is 2.25 bits per heavy atom. The molecule has 2 heterocycles. The molecule has 0 aromatic heterocycles. The molecule has 0 saturated carbocycles. The summed E-state index contributed by atoms with van der Waals surface area (Å²) in [6.45, 7) is 2.77. The average Bonchev–Trinajstić information content (AvgIpc) is 3.35. The first-order valence-corrected chi connectivity index (χ1v) is 12.7. The standard InChI is InChI=1S/C24H31N3O4S/c1-31-22-13-12-20(32(29,30)27-16-6-3-7-17-27)18-21(22)25-24(28)23(26-14-8-9-15-26)19-10-4-2-5-11-19/h2,4-5,10-13,18,23H,3,6-9,14-17H2,1H3,(H,25,28). The lowest BCUT2D eigenvalue weighted by atomic mass is 10.0. The van der Waals surface area contributed by atoms with Crippen LogP contribution in [0, 0.1) is 0 Å². The summed E-state index contributed by atoms with van der Waals surface area (Å²) in [7, 11) is -2.10. The molecule has 2 aromatic rings. The van der Waals surface area contributed by atoms with Gasteiger partial charge >= 0.3 is 0 Å². The fraction of sp³-hybridized carbons (Fsp3) is 0.458. The number of carbonyl (C=O) groups excluding carboxylic acids is 1. The molecule has 2 aliphatic heterocycles. The van der Waals surface area contributed by atoms with Gasteiger partial charge in [0, 0.05) is 13.1 Å². The van der Waals surface area contributed by atoms with Crippen molar-refractivity contribution in [1.29, 1.82) is 0 Å². The second-order valence-electron chi connectivity index (χ2n) is 8.37. The Bertz CT molecular complexity index is 1030. The van der Waals surface area contributed by atoms with E-state index in [-0.39, 0.29) is 10.8 Å². The number of methoxy groups -OCH3 is 1. The normalized spacial score (nSPS) is 18.9. The maximum absolute atomic E-state index is 13.5. The minimum Gasteiger partial charge on any atom is -0.495 e. The summed E-state index contributed by atoms with van der Waals surface area (Å²) in [6.07, 6.45) is 4.90. The van der Waals surface area contributed by atoms with Crippen LogP contribution in [-0.2, 0) is 14.8 Å². The van der Waals surface area contributed by atoms with Gasteiger partial charge in [0.25, 0.3) is 0 Å². The van der Waals surface area contributed by atoms with E-state index < -0.39 is 16.1 Å². The summed E-state index contributed by atoms with van der Waals surface area (Å²) >= 11 is 0. The Hall–Kier alpha value is -2.42. The smallest absolute Gasteiger partial charge is 0.246 e. The van der Waals surface area contributed by atoms with E-state index in [9.17, 15) is 13.2 Å². The first-order valence-electron chi connectivity index (χ1n) is 11.3. The number of benzene rings is 2. The molecule has 0 spiro atoms. The second-order valence-corrected chi connectivity index (χ2v) is 10.3. The summed E-state index contributed by atoms with van der Waals surface area (Å²) in [5, 5.41) is 2.96. The van der Waals surface area contributed by atoms with Crippen LogP contribution in [0.25, 0.3) is 0 Å². The quantitative estimate of drug-likeness (QED) is 0.687. The molecule has 0 bridgehead atoms. The number of nitrogens with zero attached hydrogens (tertiary/aromatic N) is 2. The molecule has 7 nitrogen and oxygen atoms in total. The third-order valence-electron chi connectivity index (χ3n) is 6.25. The number of nitrogens with one attached hydrogen (secondary N) is 1. The first kappa shape index (κ1) is 22.8. The Morgan fingerprint density at radius 2 is 1.59 bits per heavy atom. The van der Waals surface area contributed by atoms with Crippen molar-refractivity contribution in [2.24, 2.45) is 0 Å². The van der Waals surface area contributed by atoms with Crippen LogP contribution in [0.3, 0.4) is 0 Å². The highest BCUT2D eigenvalue weighted by atomic mass is 32.2. The van der Waals surface area contributed by atoms with E-state index in [2.05, 4.69) is 10.2 Å². The molecule has 1 N–H and O–H groups in total. The molecule has 2 saturated heterocycles. The number of anilines is 1. The predicted molar refractivity (Wildman–Crippen MR) is 124 cm³/mol. The van der Waals surface area contributed by atoms with Crippen LogP contribution in [0.15, 0.2) is 53.4 Å². The molecule has 1 atom stereocenters. The molecular formula is C24H31N3O4S. The number of piperidine rings is 1. The van der Waals surface area contributed by atoms with Crippen LogP contribution in [-0.4, -0.2) is 56.8 Å². The number of sulfonamides is 1. The van der Waals surface area contributed by atoms with Gasteiger partial charge < -0.3 is 10.1 Å². The molecule has 1 unspecified atom stereocenters. The molecule has 1 amide bonds. The summed E-state index contributed by atoms with van der Waals surface area (Å²) in [5.41, 5.74) is 1.29. The van der Waals surface area contributed by atoms with Crippen molar-refractivity contribution in [3.8, 4) is 5.75 Å². The first-order chi connectivity index (χ1) is 15.5. The van der Waals surface area contributed by atoms with E-state index in [1.54, 1.807) is 12.1 Å². The lowest BCUT2D eigenvalue weighted by Crippen LogP contribution is -2.36. The van der Waals surface area contributed by atoms with E-state index in [1.807, 2.05) is 30.3 Å². The molecule has 0 aliphatic carbocycles. The lowest BCUT2D eigenvalue weighted by Gasteiger charge is -2.28. The minimum atomic E-state index is -3.62. The molecular weight excluding hydrogens is 426 g/mol. The van der Waals surface area contributed by atoms with Gasteiger partial charge in [-0.2, -0.15) is 4.31 Å². The van der Waals surface area contributed by atoms with Gasteiger partial charge in [-0.05, 0) is 62.5 Å². The van der Waals surface area contributed by atoms with Gasteiger partial charge in [-0.15, -0.1) is 0 Å². The molecule has 0 radical (unpaired) electrons. The third-order valence-corrected chi connectivity index (χ3v) is 8.15. The summed E-state index contributed by atoms with van der Waals surface area (Å²) in [4.78, 5) is 15.8. The van der Waals surface area contributed by atoms with Gasteiger partial charge in [0.2, 0.25) is 15.9 Å². The maximum Gasteiger partial charge on any atom is 0.246 e. The Labute approximate surface area is 190 Å². The maximum atomic E-state index is 13.5. The van der Waals surface area contributed by atoms with E-state index in [4.69, 9.17) is 4.74 Å². The van der Waals surface area contributed by atoms with Gasteiger partial charge in [-0.3, -0.25) is 9.69 Å². The highest BCUT2D eigenvalue weighted by Crippen LogP contribution is 2.32. The van der Waals surface area contributed by atoms with Gasteiger partial charge in [0.1, 0.15) is 11.8 Å². The molecule has 2 aromatic carbocycles. The van der Waals surface area contributed by atoms with E-state index in [0.717, 1.165) is 50.8 Å². The molecule has 4 rings (SSSR count). The molecule has 32 heavy (non-hydrogen) atoms. The Kier molecular flexibility index (Phi) is 7.13. The monoisotopic (exact) mass is 457 g/mol. The van der Waals surface area contributed by atoms with Crippen LogP contribution in [0.1, 0.15) is 43.7 Å². The Morgan fingerprint density at radius 1 is 0.938 bits per heavy atom. The van der Waals surface area contributed by atoms with Gasteiger partial charge in [0.15, 0.2) is 0 Å². The number of ether oxygens (including phenoxy) is 1. The van der Waals surface area contributed by atoms with Gasteiger partial charge in [0.05, 0.1) is 17.7 Å². The number of hydrogen-bond donors (Lipinski definition) is 1.